The topological polar surface area (TPSA) is 58.2 Å². The van der Waals surface area contributed by atoms with Crippen molar-refractivity contribution >= 4 is 11.8 Å². The van der Waals surface area contributed by atoms with Crippen LogP contribution >= 0.6 is 0 Å². The van der Waals surface area contributed by atoms with Gasteiger partial charge in [0, 0.05) is 12.3 Å². The quantitative estimate of drug-likeness (QED) is 0.837. The fraction of sp³-hybridized carbons (Fsp3) is 0.429. The summed E-state index contributed by atoms with van der Waals surface area (Å²) in [5.74, 6) is 0.277. The fourth-order valence-corrected chi connectivity index (χ4v) is 2.41. The van der Waals surface area contributed by atoms with Crippen LogP contribution in [-0.2, 0) is 9.59 Å². The van der Waals surface area contributed by atoms with Crippen LogP contribution < -0.4 is 10.6 Å². The van der Waals surface area contributed by atoms with Crippen molar-refractivity contribution in [2.24, 2.45) is 5.92 Å². The lowest BCUT2D eigenvalue weighted by Crippen LogP contribution is -2.39. The summed E-state index contributed by atoms with van der Waals surface area (Å²) in [5.41, 5.74) is 1.05. The van der Waals surface area contributed by atoms with E-state index >= 15 is 0 Å². The van der Waals surface area contributed by atoms with Gasteiger partial charge in [-0.2, -0.15) is 0 Å². The third kappa shape index (κ3) is 2.23. The lowest BCUT2D eigenvalue weighted by atomic mass is 10.0. The van der Waals surface area contributed by atoms with Gasteiger partial charge in [0.15, 0.2) is 0 Å². The van der Waals surface area contributed by atoms with E-state index in [1.807, 2.05) is 30.3 Å². The Labute approximate surface area is 106 Å². The Morgan fingerprint density at radius 1 is 1.22 bits per heavy atom. The highest BCUT2D eigenvalue weighted by Crippen LogP contribution is 2.31. The summed E-state index contributed by atoms with van der Waals surface area (Å²) in [5, 5.41) is 5.93. The van der Waals surface area contributed by atoms with Crippen molar-refractivity contribution in [2.75, 3.05) is 0 Å². The Balaban J connectivity index is 1.74. The van der Waals surface area contributed by atoms with Gasteiger partial charge >= 0.3 is 0 Å². The van der Waals surface area contributed by atoms with Crippen LogP contribution in [0.5, 0.6) is 0 Å². The van der Waals surface area contributed by atoms with Crippen molar-refractivity contribution in [3.63, 3.8) is 0 Å². The third-order valence-corrected chi connectivity index (χ3v) is 3.56. The monoisotopic (exact) mass is 244 g/mol. The second kappa shape index (κ2) is 4.44. The molecule has 0 aromatic heterocycles. The Morgan fingerprint density at radius 2 is 1.94 bits per heavy atom. The second-order valence-electron chi connectivity index (χ2n) is 5.05. The van der Waals surface area contributed by atoms with Gasteiger partial charge in [0.05, 0.1) is 12.1 Å². The van der Waals surface area contributed by atoms with Gasteiger partial charge in [0.1, 0.15) is 0 Å². The fourth-order valence-electron chi connectivity index (χ4n) is 2.41. The predicted octanol–water partition coefficient (Wildman–Crippen LogP) is 1.14. The molecule has 1 heterocycles. The van der Waals surface area contributed by atoms with Crippen molar-refractivity contribution in [3.05, 3.63) is 35.9 Å². The molecular formula is C14H16N2O2. The maximum Gasteiger partial charge on any atom is 0.223 e. The first-order valence-electron chi connectivity index (χ1n) is 6.39. The van der Waals surface area contributed by atoms with Gasteiger partial charge in [0.25, 0.3) is 0 Å². The predicted molar refractivity (Wildman–Crippen MR) is 66.6 cm³/mol. The van der Waals surface area contributed by atoms with Crippen LogP contribution in [0.4, 0.5) is 0 Å². The molecule has 3 rings (SSSR count). The molecule has 1 aromatic carbocycles. The zero-order chi connectivity index (χ0) is 12.5. The summed E-state index contributed by atoms with van der Waals surface area (Å²) in [6, 6.07) is 9.57. The number of rotatable bonds is 3. The number of amides is 2. The van der Waals surface area contributed by atoms with E-state index in [4.69, 9.17) is 0 Å². The first-order chi connectivity index (χ1) is 8.74. The van der Waals surface area contributed by atoms with Gasteiger partial charge in [0.2, 0.25) is 11.8 Å². The SMILES string of the molecule is O=C1CC(NC(=O)C2CC2)C(c2ccccc2)N1. The largest absolute Gasteiger partial charge is 0.350 e. The van der Waals surface area contributed by atoms with E-state index in [-0.39, 0.29) is 29.8 Å². The molecule has 1 saturated heterocycles. The van der Waals surface area contributed by atoms with Crippen molar-refractivity contribution < 1.29 is 9.59 Å². The van der Waals surface area contributed by atoms with E-state index in [1.54, 1.807) is 0 Å². The lowest BCUT2D eigenvalue weighted by molar-refractivity contribution is -0.123. The molecule has 0 bridgehead atoms. The molecule has 2 fully saturated rings. The summed E-state index contributed by atoms with van der Waals surface area (Å²) in [7, 11) is 0. The lowest BCUT2D eigenvalue weighted by Gasteiger charge is -2.20. The van der Waals surface area contributed by atoms with Crippen LogP contribution in [0.2, 0.25) is 0 Å². The molecule has 1 aromatic rings. The summed E-state index contributed by atoms with van der Waals surface area (Å²) >= 11 is 0. The Bertz CT molecular complexity index is 468. The minimum absolute atomic E-state index is 0.00458. The van der Waals surface area contributed by atoms with Gasteiger partial charge in [-0.3, -0.25) is 9.59 Å². The summed E-state index contributed by atoms with van der Waals surface area (Å²) in [4.78, 5) is 23.3. The zero-order valence-corrected chi connectivity index (χ0v) is 10.1. The first-order valence-corrected chi connectivity index (χ1v) is 6.39. The highest BCUT2D eigenvalue weighted by Gasteiger charge is 2.37. The number of carbonyl (C=O) groups excluding carboxylic acids is 2. The van der Waals surface area contributed by atoms with E-state index in [9.17, 15) is 9.59 Å². The first kappa shape index (κ1) is 11.3. The van der Waals surface area contributed by atoms with E-state index in [1.165, 1.54) is 0 Å². The van der Waals surface area contributed by atoms with E-state index < -0.39 is 0 Å². The molecule has 4 heteroatoms. The van der Waals surface area contributed by atoms with Gasteiger partial charge in [-0.05, 0) is 18.4 Å². The van der Waals surface area contributed by atoms with E-state index in [0.29, 0.717) is 6.42 Å². The molecule has 0 radical (unpaired) electrons. The maximum absolute atomic E-state index is 11.8. The molecule has 2 aliphatic rings. The molecule has 2 unspecified atom stereocenters. The third-order valence-electron chi connectivity index (χ3n) is 3.56. The molecule has 1 aliphatic carbocycles. The van der Waals surface area contributed by atoms with Crippen molar-refractivity contribution in [3.8, 4) is 0 Å². The van der Waals surface area contributed by atoms with Gasteiger partial charge in [-0.15, -0.1) is 0 Å². The van der Waals surface area contributed by atoms with Crippen molar-refractivity contribution in [1.82, 2.24) is 10.6 Å². The average Bonchev–Trinajstić information content (AvgIpc) is 3.16. The average molecular weight is 244 g/mol. The minimum Gasteiger partial charge on any atom is -0.350 e. The van der Waals surface area contributed by atoms with Crippen molar-refractivity contribution in [1.29, 1.82) is 0 Å². The molecule has 4 nitrogen and oxygen atoms in total. The van der Waals surface area contributed by atoms with Crippen LogP contribution in [0.15, 0.2) is 30.3 Å². The van der Waals surface area contributed by atoms with Crippen LogP contribution in [0.1, 0.15) is 30.9 Å². The molecule has 2 N–H and O–H groups in total. The Morgan fingerprint density at radius 3 is 2.61 bits per heavy atom. The second-order valence-corrected chi connectivity index (χ2v) is 5.05. The smallest absolute Gasteiger partial charge is 0.223 e. The Kier molecular flexibility index (Phi) is 2.78. The molecule has 0 spiro atoms. The summed E-state index contributed by atoms with van der Waals surface area (Å²) < 4.78 is 0. The molecule has 1 aliphatic heterocycles. The highest BCUT2D eigenvalue weighted by atomic mass is 16.2. The van der Waals surface area contributed by atoms with Crippen molar-refractivity contribution in [2.45, 2.75) is 31.3 Å². The summed E-state index contributed by atoms with van der Waals surface area (Å²) in [6.45, 7) is 0. The van der Waals surface area contributed by atoms with Crippen LogP contribution in [0.25, 0.3) is 0 Å². The van der Waals surface area contributed by atoms with Gasteiger partial charge in [-0.1, -0.05) is 30.3 Å². The number of hydrogen-bond acceptors (Lipinski definition) is 2. The standard InChI is InChI=1S/C14H16N2O2/c17-12-8-11(15-14(18)10-6-7-10)13(16-12)9-4-2-1-3-5-9/h1-5,10-11,13H,6-8H2,(H,15,18)(H,16,17). The van der Waals surface area contributed by atoms with E-state index in [2.05, 4.69) is 10.6 Å². The summed E-state index contributed by atoms with van der Waals surface area (Å²) in [6.07, 6.45) is 2.34. The van der Waals surface area contributed by atoms with Crippen LogP contribution in [0, 0.1) is 5.92 Å². The number of benzene rings is 1. The highest BCUT2D eigenvalue weighted by molar-refractivity contribution is 5.84. The van der Waals surface area contributed by atoms with Crippen LogP contribution in [-0.4, -0.2) is 17.9 Å². The number of hydrogen-bond donors (Lipinski definition) is 2. The Hall–Kier alpha value is -1.84. The number of carbonyl (C=O) groups is 2. The van der Waals surface area contributed by atoms with Gasteiger partial charge in [-0.25, -0.2) is 0 Å². The zero-order valence-electron chi connectivity index (χ0n) is 10.1. The normalized spacial score (nSPS) is 26.8. The molecule has 1 saturated carbocycles. The molecule has 2 atom stereocenters. The van der Waals surface area contributed by atoms with Gasteiger partial charge < -0.3 is 10.6 Å². The molecule has 2 amide bonds. The number of nitrogens with one attached hydrogen (secondary N) is 2. The maximum atomic E-state index is 11.8. The molecular weight excluding hydrogens is 228 g/mol. The molecule has 18 heavy (non-hydrogen) atoms. The van der Waals surface area contributed by atoms with E-state index in [0.717, 1.165) is 18.4 Å². The molecule has 94 valence electrons. The van der Waals surface area contributed by atoms with Crippen LogP contribution in [0.3, 0.4) is 0 Å². The minimum atomic E-state index is -0.118.